The van der Waals surface area contributed by atoms with Crippen LogP contribution in [-0.2, 0) is 20.5 Å². The topological polar surface area (TPSA) is 58.6 Å². The summed E-state index contributed by atoms with van der Waals surface area (Å²) < 4.78 is 67.3. The number of aryl methyl sites for hydroxylation is 1. The van der Waals surface area contributed by atoms with E-state index in [4.69, 9.17) is 4.18 Å². The van der Waals surface area contributed by atoms with Crippen LogP contribution in [0.4, 0.5) is 18.9 Å². The van der Waals surface area contributed by atoms with E-state index < -0.39 is 28.1 Å². The zero-order chi connectivity index (χ0) is 21.2. The fourth-order valence-electron chi connectivity index (χ4n) is 3.08. The van der Waals surface area contributed by atoms with Crippen LogP contribution in [0.1, 0.15) is 11.1 Å². The van der Waals surface area contributed by atoms with Gasteiger partial charge in [0.05, 0.1) is 17.5 Å². The lowest BCUT2D eigenvalue weighted by atomic mass is 10.1. The van der Waals surface area contributed by atoms with Crippen LogP contribution in [-0.4, -0.2) is 40.5 Å². The van der Waals surface area contributed by atoms with Crippen molar-refractivity contribution in [3.05, 3.63) is 53.6 Å². The van der Waals surface area contributed by atoms with Gasteiger partial charge in [-0.05, 0) is 42.8 Å². The maximum absolute atomic E-state index is 12.9. The number of anilines is 1. The van der Waals surface area contributed by atoms with Gasteiger partial charge in [0.25, 0.3) is 10.1 Å². The third kappa shape index (κ3) is 5.65. The minimum Gasteiger partial charge on any atom is -0.342 e. The molecule has 0 aromatic heterocycles. The Morgan fingerprint density at radius 2 is 1.90 bits per heavy atom. The average Bonchev–Trinajstić information content (AvgIpc) is 2.62. The molecule has 29 heavy (non-hydrogen) atoms. The molecule has 5 nitrogen and oxygen atoms in total. The zero-order valence-electron chi connectivity index (χ0n) is 15.9. The molecule has 1 heterocycles. The summed E-state index contributed by atoms with van der Waals surface area (Å²) in [6, 6.07) is 11.0. The highest BCUT2D eigenvalue weighted by Crippen LogP contribution is 2.39. The number of para-hydroxylation sites is 1. The van der Waals surface area contributed by atoms with Crippen molar-refractivity contribution in [1.29, 1.82) is 0 Å². The van der Waals surface area contributed by atoms with Crippen molar-refractivity contribution in [1.82, 2.24) is 5.32 Å². The smallest absolute Gasteiger partial charge is 0.342 e. The molecule has 1 atom stereocenters. The van der Waals surface area contributed by atoms with Crippen LogP contribution in [0.3, 0.4) is 0 Å². The predicted molar refractivity (Wildman–Crippen MR) is 107 cm³/mol. The second kappa shape index (κ2) is 8.55. The Bertz CT molecular complexity index is 981. The third-order valence-electron chi connectivity index (χ3n) is 4.38. The van der Waals surface area contributed by atoms with Crippen molar-refractivity contribution in [2.24, 2.45) is 0 Å². The standard InChI is InChI=1S/C19H21F3N2O3S2/c1-13-11-14(19(20,21)22)7-8-16(13)28-17-6-4-3-5-15(17)24-10-9-23-12-18(24)27-29(2,25)26/h3-8,11,18,23H,9-10,12H2,1-2H3. The maximum Gasteiger partial charge on any atom is 0.416 e. The van der Waals surface area contributed by atoms with Crippen LogP contribution >= 0.6 is 11.8 Å². The van der Waals surface area contributed by atoms with Crippen molar-refractivity contribution in [2.45, 2.75) is 29.1 Å². The average molecular weight is 447 g/mol. The normalized spacial score (nSPS) is 18.1. The minimum atomic E-state index is -4.39. The molecule has 1 unspecified atom stereocenters. The minimum absolute atomic E-state index is 0.339. The highest BCUT2D eigenvalue weighted by atomic mass is 32.2. The van der Waals surface area contributed by atoms with Crippen molar-refractivity contribution in [3.8, 4) is 0 Å². The number of alkyl halides is 3. The Kier molecular flexibility index (Phi) is 6.47. The second-order valence-electron chi connectivity index (χ2n) is 6.70. The number of nitrogens with zero attached hydrogens (tertiary/aromatic N) is 1. The van der Waals surface area contributed by atoms with Gasteiger partial charge in [0.1, 0.15) is 0 Å². The van der Waals surface area contributed by atoms with E-state index in [-0.39, 0.29) is 0 Å². The summed E-state index contributed by atoms with van der Waals surface area (Å²) in [4.78, 5) is 3.36. The van der Waals surface area contributed by atoms with Gasteiger partial charge in [0.15, 0.2) is 6.23 Å². The first kappa shape index (κ1) is 21.9. The number of hydrogen-bond donors (Lipinski definition) is 1. The lowest BCUT2D eigenvalue weighted by Crippen LogP contribution is -2.53. The molecule has 2 aromatic carbocycles. The molecule has 10 heteroatoms. The van der Waals surface area contributed by atoms with Gasteiger partial charge in [0.2, 0.25) is 0 Å². The summed E-state index contributed by atoms with van der Waals surface area (Å²) in [5.74, 6) is 0. The lowest BCUT2D eigenvalue weighted by Gasteiger charge is -2.37. The van der Waals surface area contributed by atoms with Gasteiger partial charge in [-0.15, -0.1) is 0 Å². The second-order valence-corrected chi connectivity index (χ2v) is 9.38. The molecule has 1 aliphatic heterocycles. The van der Waals surface area contributed by atoms with Gasteiger partial charge in [-0.3, -0.25) is 0 Å². The van der Waals surface area contributed by atoms with E-state index in [0.717, 1.165) is 29.0 Å². The molecule has 0 spiro atoms. The number of nitrogens with one attached hydrogen (secondary N) is 1. The van der Waals surface area contributed by atoms with Gasteiger partial charge < -0.3 is 10.2 Å². The van der Waals surface area contributed by atoms with Crippen LogP contribution in [0.2, 0.25) is 0 Å². The molecular weight excluding hydrogens is 425 g/mol. The van der Waals surface area contributed by atoms with Crippen LogP contribution in [0.25, 0.3) is 0 Å². The summed E-state index contributed by atoms with van der Waals surface area (Å²) in [5, 5.41) is 3.11. The predicted octanol–water partition coefficient (Wildman–Crippen LogP) is 3.88. The quantitative estimate of drug-likeness (QED) is 0.704. The summed E-state index contributed by atoms with van der Waals surface area (Å²) in [6.45, 7) is 3.16. The summed E-state index contributed by atoms with van der Waals surface area (Å²) in [6.07, 6.45) is -4.08. The van der Waals surface area contributed by atoms with Gasteiger partial charge in [-0.1, -0.05) is 23.9 Å². The lowest BCUT2D eigenvalue weighted by molar-refractivity contribution is -0.137. The van der Waals surface area contributed by atoms with Crippen molar-refractivity contribution >= 4 is 27.6 Å². The van der Waals surface area contributed by atoms with E-state index in [1.165, 1.54) is 17.8 Å². The number of rotatable bonds is 5. The number of hydrogen-bond acceptors (Lipinski definition) is 6. The third-order valence-corrected chi connectivity index (χ3v) is 6.19. The molecule has 0 bridgehead atoms. The molecule has 1 aliphatic rings. The van der Waals surface area contributed by atoms with Gasteiger partial charge in [0, 0.05) is 29.4 Å². The van der Waals surface area contributed by atoms with Crippen molar-refractivity contribution in [3.63, 3.8) is 0 Å². The monoisotopic (exact) mass is 446 g/mol. The Balaban J connectivity index is 1.91. The maximum atomic E-state index is 12.9. The Morgan fingerprint density at radius 1 is 1.17 bits per heavy atom. The van der Waals surface area contributed by atoms with E-state index >= 15 is 0 Å². The van der Waals surface area contributed by atoms with E-state index in [1.807, 2.05) is 29.2 Å². The Labute approximate surface area is 172 Å². The highest BCUT2D eigenvalue weighted by molar-refractivity contribution is 7.99. The van der Waals surface area contributed by atoms with E-state index in [2.05, 4.69) is 5.32 Å². The highest BCUT2D eigenvalue weighted by Gasteiger charge is 2.31. The fraction of sp³-hybridized carbons (Fsp3) is 0.368. The van der Waals surface area contributed by atoms with Gasteiger partial charge in [-0.25, -0.2) is 4.18 Å². The molecule has 1 saturated heterocycles. The van der Waals surface area contributed by atoms with E-state index in [0.29, 0.717) is 30.1 Å². The van der Waals surface area contributed by atoms with Crippen LogP contribution in [0.5, 0.6) is 0 Å². The first-order valence-electron chi connectivity index (χ1n) is 8.85. The van der Waals surface area contributed by atoms with Crippen molar-refractivity contribution < 1.29 is 25.8 Å². The Hall–Kier alpha value is -1.75. The van der Waals surface area contributed by atoms with Crippen LogP contribution < -0.4 is 10.2 Å². The summed E-state index contributed by atoms with van der Waals surface area (Å²) in [5.41, 5.74) is 0.604. The molecule has 1 fully saturated rings. The molecule has 3 rings (SSSR count). The Morgan fingerprint density at radius 3 is 2.55 bits per heavy atom. The largest absolute Gasteiger partial charge is 0.416 e. The summed E-state index contributed by atoms with van der Waals surface area (Å²) in [7, 11) is -3.66. The van der Waals surface area contributed by atoms with E-state index in [9.17, 15) is 21.6 Å². The zero-order valence-corrected chi connectivity index (χ0v) is 17.5. The first-order valence-corrected chi connectivity index (χ1v) is 11.5. The summed E-state index contributed by atoms with van der Waals surface area (Å²) >= 11 is 1.34. The SMILES string of the molecule is Cc1cc(C(F)(F)F)ccc1Sc1ccccc1N1CCNCC1OS(C)(=O)=O. The van der Waals surface area contributed by atoms with Gasteiger partial charge >= 0.3 is 6.18 Å². The van der Waals surface area contributed by atoms with Crippen LogP contribution in [0.15, 0.2) is 52.3 Å². The van der Waals surface area contributed by atoms with E-state index in [1.54, 1.807) is 6.92 Å². The molecular formula is C19H21F3N2O3S2. The molecule has 0 amide bonds. The molecule has 0 saturated carbocycles. The van der Waals surface area contributed by atoms with Gasteiger partial charge in [-0.2, -0.15) is 21.6 Å². The molecule has 2 aromatic rings. The molecule has 0 radical (unpaired) electrons. The van der Waals surface area contributed by atoms with Crippen LogP contribution in [0, 0.1) is 6.92 Å². The number of benzene rings is 2. The molecule has 1 N–H and O–H groups in total. The van der Waals surface area contributed by atoms with Crippen molar-refractivity contribution in [2.75, 3.05) is 30.8 Å². The number of piperazine rings is 1. The number of halogens is 3. The first-order chi connectivity index (χ1) is 13.5. The molecule has 0 aliphatic carbocycles. The fourth-order valence-corrected chi connectivity index (χ4v) is 4.69. The molecule has 158 valence electrons.